The lowest BCUT2D eigenvalue weighted by Gasteiger charge is -2.25. The molecule has 0 bridgehead atoms. The molecule has 3 rings (SSSR count). The van der Waals surface area contributed by atoms with Crippen LogP contribution < -0.4 is 15.4 Å². The van der Waals surface area contributed by atoms with E-state index in [4.69, 9.17) is 4.74 Å². The third-order valence-corrected chi connectivity index (χ3v) is 4.29. The first kappa shape index (κ1) is 19.7. The number of rotatable bonds is 6. The van der Waals surface area contributed by atoms with Crippen LogP contribution in [0.25, 0.3) is 0 Å². The van der Waals surface area contributed by atoms with Gasteiger partial charge in [0.1, 0.15) is 6.67 Å². The molecule has 1 aromatic heterocycles. The number of pyridine rings is 1. The van der Waals surface area contributed by atoms with E-state index in [0.717, 1.165) is 6.07 Å². The van der Waals surface area contributed by atoms with Crippen LogP contribution in [0.1, 0.15) is 11.1 Å². The van der Waals surface area contributed by atoms with Crippen molar-refractivity contribution in [3.63, 3.8) is 0 Å². The highest BCUT2D eigenvalue weighted by Crippen LogP contribution is 2.34. The second-order valence-electron chi connectivity index (χ2n) is 6.10. The SMILES string of the molecule is COc1ncc(C(F)(F)F)cc1CN1C=C(C(=O)NCCF)C2NC=CC=C21. The Morgan fingerprint density at radius 3 is 2.89 bits per heavy atom. The van der Waals surface area contributed by atoms with Gasteiger partial charge in [-0.05, 0) is 24.4 Å². The van der Waals surface area contributed by atoms with Gasteiger partial charge >= 0.3 is 6.18 Å². The quantitative estimate of drug-likeness (QED) is 0.720. The lowest BCUT2D eigenvalue weighted by atomic mass is 10.1. The van der Waals surface area contributed by atoms with Crippen LogP contribution in [0.15, 0.2) is 48.1 Å². The van der Waals surface area contributed by atoms with Crippen LogP contribution in [0.2, 0.25) is 0 Å². The first-order chi connectivity index (χ1) is 13.3. The molecule has 0 saturated carbocycles. The van der Waals surface area contributed by atoms with E-state index in [1.807, 2.05) is 0 Å². The highest BCUT2D eigenvalue weighted by Gasteiger charge is 2.36. The number of hydrogen-bond donors (Lipinski definition) is 2. The van der Waals surface area contributed by atoms with Crippen LogP contribution >= 0.6 is 0 Å². The predicted octanol–water partition coefficient (Wildman–Crippen LogP) is 2.26. The Labute approximate surface area is 158 Å². The van der Waals surface area contributed by atoms with Gasteiger partial charge in [0, 0.05) is 30.2 Å². The summed E-state index contributed by atoms with van der Waals surface area (Å²) in [6, 6.07) is 0.497. The van der Waals surface area contributed by atoms with E-state index < -0.39 is 30.4 Å². The third-order valence-electron chi connectivity index (χ3n) is 4.29. The number of nitrogens with one attached hydrogen (secondary N) is 2. The lowest BCUT2D eigenvalue weighted by molar-refractivity contribution is -0.137. The average Bonchev–Trinajstić information content (AvgIpc) is 3.04. The summed E-state index contributed by atoms with van der Waals surface area (Å²) < 4.78 is 56.6. The fraction of sp³-hybridized carbons (Fsp3) is 0.333. The standard InChI is InChI=1S/C18H18F4N4O2/c1-28-17-11(7-12(8-25-17)18(20,21)22)9-26-10-13(16(27)24-6-4-19)15-14(26)3-2-5-23-15/h2-3,5,7-8,10,15,23H,4,6,9H2,1H3,(H,24,27). The van der Waals surface area contributed by atoms with Crippen LogP contribution in [-0.4, -0.2) is 42.2 Å². The smallest absolute Gasteiger partial charge is 0.417 e. The molecule has 0 fully saturated rings. The number of nitrogens with zero attached hydrogens (tertiary/aromatic N) is 2. The maximum Gasteiger partial charge on any atom is 0.417 e. The number of ether oxygens (including phenoxy) is 1. The molecule has 6 nitrogen and oxygen atoms in total. The number of halogens is 4. The second-order valence-corrected chi connectivity index (χ2v) is 6.10. The molecule has 150 valence electrons. The van der Waals surface area contributed by atoms with Crippen molar-refractivity contribution in [3.8, 4) is 5.88 Å². The van der Waals surface area contributed by atoms with Crippen LogP contribution in [0.3, 0.4) is 0 Å². The Kier molecular flexibility index (Phi) is 5.57. The fourth-order valence-corrected chi connectivity index (χ4v) is 3.03. The van der Waals surface area contributed by atoms with Crippen molar-refractivity contribution in [1.29, 1.82) is 0 Å². The number of amides is 1. The number of alkyl halides is 4. The van der Waals surface area contributed by atoms with Crippen molar-refractivity contribution in [2.75, 3.05) is 20.3 Å². The van der Waals surface area contributed by atoms with Gasteiger partial charge < -0.3 is 20.3 Å². The summed E-state index contributed by atoms with van der Waals surface area (Å²) in [6.07, 6.45) is 2.83. The topological polar surface area (TPSA) is 66.5 Å². The summed E-state index contributed by atoms with van der Waals surface area (Å²) >= 11 is 0. The minimum Gasteiger partial charge on any atom is -0.481 e. The van der Waals surface area contributed by atoms with E-state index in [1.54, 1.807) is 23.3 Å². The summed E-state index contributed by atoms with van der Waals surface area (Å²) in [7, 11) is 1.32. The minimum atomic E-state index is -4.54. The molecule has 2 aliphatic heterocycles. The van der Waals surface area contributed by atoms with Crippen LogP contribution in [0.4, 0.5) is 17.6 Å². The first-order valence-electron chi connectivity index (χ1n) is 8.40. The molecule has 2 N–H and O–H groups in total. The molecular formula is C18H18F4N4O2. The molecule has 0 saturated heterocycles. The van der Waals surface area contributed by atoms with Crippen molar-refractivity contribution in [3.05, 3.63) is 59.2 Å². The molecular weight excluding hydrogens is 380 g/mol. The van der Waals surface area contributed by atoms with Gasteiger partial charge in [-0.25, -0.2) is 9.37 Å². The van der Waals surface area contributed by atoms with Gasteiger partial charge in [0.2, 0.25) is 5.88 Å². The number of methoxy groups -OCH3 is 1. The summed E-state index contributed by atoms with van der Waals surface area (Å²) in [5, 5.41) is 5.49. The predicted molar refractivity (Wildman–Crippen MR) is 92.5 cm³/mol. The Morgan fingerprint density at radius 1 is 1.43 bits per heavy atom. The second kappa shape index (κ2) is 7.91. The molecule has 0 aromatic carbocycles. The number of hydrogen-bond acceptors (Lipinski definition) is 5. The van der Waals surface area contributed by atoms with Crippen molar-refractivity contribution >= 4 is 5.91 Å². The zero-order valence-corrected chi connectivity index (χ0v) is 14.9. The van der Waals surface area contributed by atoms with E-state index >= 15 is 0 Å². The number of aromatic nitrogens is 1. The normalized spacial score (nSPS) is 18.2. The van der Waals surface area contributed by atoms with E-state index in [0.29, 0.717) is 17.5 Å². The number of fused-ring (bicyclic) bond motifs is 1. The van der Waals surface area contributed by atoms with Crippen molar-refractivity contribution in [2.24, 2.45) is 0 Å². The Balaban J connectivity index is 1.92. The number of carbonyl (C=O) groups excluding carboxylic acids is 1. The summed E-state index contributed by atoms with van der Waals surface area (Å²) in [4.78, 5) is 17.7. The maximum atomic E-state index is 13.1. The van der Waals surface area contributed by atoms with Gasteiger partial charge in [0.15, 0.2) is 0 Å². The van der Waals surface area contributed by atoms with Gasteiger partial charge in [-0.2, -0.15) is 13.2 Å². The van der Waals surface area contributed by atoms with Crippen molar-refractivity contribution in [2.45, 2.75) is 18.8 Å². The molecule has 0 radical (unpaired) electrons. The zero-order chi connectivity index (χ0) is 20.3. The maximum absolute atomic E-state index is 13.1. The molecule has 2 aliphatic rings. The monoisotopic (exact) mass is 398 g/mol. The molecule has 0 aliphatic carbocycles. The van der Waals surface area contributed by atoms with Crippen molar-refractivity contribution < 1.29 is 27.1 Å². The first-order valence-corrected chi connectivity index (χ1v) is 8.40. The lowest BCUT2D eigenvalue weighted by Crippen LogP contribution is -2.37. The summed E-state index contributed by atoms with van der Waals surface area (Å²) in [6.45, 7) is -0.808. The van der Waals surface area contributed by atoms with Crippen LogP contribution in [0.5, 0.6) is 5.88 Å². The van der Waals surface area contributed by atoms with E-state index in [1.165, 1.54) is 13.3 Å². The molecule has 1 unspecified atom stereocenters. The van der Waals surface area contributed by atoms with Gasteiger partial charge in [-0.1, -0.05) is 0 Å². The summed E-state index contributed by atoms with van der Waals surface area (Å²) in [5.74, 6) is -0.388. The summed E-state index contributed by atoms with van der Waals surface area (Å²) in [5.41, 5.74) is 0.336. The molecule has 28 heavy (non-hydrogen) atoms. The van der Waals surface area contributed by atoms with Gasteiger partial charge in [0.05, 0.1) is 30.8 Å². The highest BCUT2D eigenvalue weighted by atomic mass is 19.4. The Morgan fingerprint density at radius 2 is 2.21 bits per heavy atom. The fourth-order valence-electron chi connectivity index (χ4n) is 3.03. The Bertz CT molecular complexity index is 848. The number of carbonyl (C=O) groups is 1. The molecule has 0 spiro atoms. The molecule has 1 aromatic rings. The number of allylic oxidation sites excluding steroid dienone is 2. The van der Waals surface area contributed by atoms with Gasteiger partial charge in [0.25, 0.3) is 5.91 Å². The molecule has 1 atom stereocenters. The highest BCUT2D eigenvalue weighted by molar-refractivity contribution is 5.96. The van der Waals surface area contributed by atoms with E-state index in [2.05, 4.69) is 15.6 Å². The van der Waals surface area contributed by atoms with E-state index in [9.17, 15) is 22.4 Å². The van der Waals surface area contributed by atoms with Crippen LogP contribution in [0, 0.1) is 0 Å². The van der Waals surface area contributed by atoms with Crippen LogP contribution in [-0.2, 0) is 17.5 Å². The molecule has 3 heterocycles. The van der Waals surface area contributed by atoms with Gasteiger partial charge in [-0.3, -0.25) is 4.79 Å². The molecule has 1 amide bonds. The number of dihydropyridines is 1. The largest absolute Gasteiger partial charge is 0.481 e. The molecule has 10 heteroatoms. The zero-order valence-electron chi connectivity index (χ0n) is 14.9. The minimum absolute atomic E-state index is 0.0117. The average molecular weight is 398 g/mol. The third kappa shape index (κ3) is 3.95. The van der Waals surface area contributed by atoms with E-state index in [-0.39, 0.29) is 24.5 Å². The van der Waals surface area contributed by atoms with Gasteiger partial charge in [-0.15, -0.1) is 0 Å². The van der Waals surface area contributed by atoms with Crippen molar-refractivity contribution in [1.82, 2.24) is 20.5 Å². The Hall–Kier alpha value is -3.04.